The molecule has 6 nitrogen and oxygen atoms in total. The van der Waals surface area contributed by atoms with Gasteiger partial charge in [0.1, 0.15) is 0 Å². The lowest BCUT2D eigenvalue weighted by Crippen LogP contribution is -2.55. The summed E-state index contributed by atoms with van der Waals surface area (Å²) in [7, 11) is 0. The van der Waals surface area contributed by atoms with Gasteiger partial charge in [-0.25, -0.2) is 0 Å². The second-order valence-electron chi connectivity index (χ2n) is 4.64. The van der Waals surface area contributed by atoms with Crippen molar-refractivity contribution in [1.82, 2.24) is 30.8 Å². The Kier molecular flexibility index (Phi) is 2.75. The van der Waals surface area contributed by atoms with Crippen molar-refractivity contribution in [3.05, 3.63) is 11.9 Å². The van der Waals surface area contributed by atoms with Crippen LogP contribution in [0.2, 0.25) is 0 Å². The Hall–Kier alpha value is -1.14. The van der Waals surface area contributed by atoms with Crippen LogP contribution in [-0.2, 0) is 6.54 Å². The predicted molar refractivity (Wildman–Crippen MR) is 57.4 cm³/mol. The average Bonchev–Trinajstić information content (AvgIpc) is 2.39. The van der Waals surface area contributed by atoms with Gasteiger partial charge in [-0.05, 0) is 42.3 Å². The highest BCUT2D eigenvalue weighted by Gasteiger charge is 2.33. The molecule has 0 saturated carbocycles. The van der Waals surface area contributed by atoms with Crippen molar-refractivity contribution in [2.45, 2.75) is 25.4 Å². The van der Waals surface area contributed by atoms with Gasteiger partial charge in [-0.3, -0.25) is 0 Å². The van der Waals surface area contributed by atoms with Gasteiger partial charge in [0, 0.05) is 19.1 Å². The summed E-state index contributed by atoms with van der Waals surface area (Å²) in [5.74, 6) is 0.841. The predicted octanol–water partition coefficient (Wildman–Crippen LogP) is -0.550. The van der Waals surface area contributed by atoms with Crippen molar-refractivity contribution >= 4 is 0 Å². The number of hydrogen-bond acceptors (Lipinski definition) is 6. The Labute approximate surface area is 94.4 Å². The lowest BCUT2D eigenvalue weighted by Gasteiger charge is -2.45. The Balaban J connectivity index is 1.56. The van der Waals surface area contributed by atoms with Crippen LogP contribution in [0.25, 0.3) is 0 Å². The maximum absolute atomic E-state index is 3.93. The van der Waals surface area contributed by atoms with E-state index in [-0.39, 0.29) is 0 Å². The van der Waals surface area contributed by atoms with Crippen LogP contribution in [0, 0.1) is 5.92 Å². The standard InChI is InChI=1S/C10H16N6/c1-3-16-4-2-8(1)10(7-16)11-5-9-6-12-14-15-13-9/h6,8,10-11H,1-5,7H2/t10-/m1/s1. The molecule has 0 amide bonds. The van der Waals surface area contributed by atoms with Gasteiger partial charge in [0.2, 0.25) is 0 Å². The smallest absolute Gasteiger partial charge is 0.0988 e. The highest BCUT2D eigenvalue weighted by atomic mass is 15.4. The number of aromatic nitrogens is 4. The van der Waals surface area contributed by atoms with Crippen LogP contribution in [0.4, 0.5) is 0 Å². The fraction of sp³-hybridized carbons (Fsp3) is 0.800. The first-order chi connectivity index (χ1) is 7.92. The van der Waals surface area contributed by atoms with Gasteiger partial charge in [0.15, 0.2) is 0 Å². The van der Waals surface area contributed by atoms with Crippen molar-refractivity contribution < 1.29 is 0 Å². The molecule has 1 N–H and O–H groups in total. The second-order valence-corrected chi connectivity index (χ2v) is 4.64. The van der Waals surface area contributed by atoms with Crippen LogP contribution in [0.1, 0.15) is 18.5 Å². The van der Waals surface area contributed by atoms with Gasteiger partial charge in [0.25, 0.3) is 0 Å². The van der Waals surface area contributed by atoms with Crippen LogP contribution in [0.15, 0.2) is 6.20 Å². The summed E-state index contributed by atoms with van der Waals surface area (Å²) in [6.07, 6.45) is 4.33. The second kappa shape index (κ2) is 4.39. The molecule has 0 aromatic carbocycles. The largest absolute Gasteiger partial charge is 0.307 e. The van der Waals surface area contributed by atoms with Crippen molar-refractivity contribution in [1.29, 1.82) is 0 Å². The maximum atomic E-state index is 3.93. The molecule has 4 rings (SSSR count). The number of nitrogens with one attached hydrogen (secondary N) is 1. The highest BCUT2D eigenvalue weighted by molar-refractivity contribution is 4.94. The molecule has 86 valence electrons. The minimum absolute atomic E-state index is 0.609. The molecule has 0 unspecified atom stereocenters. The number of fused-ring (bicyclic) bond motifs is 3. The molecule has 3 aliphatic rings. The van der Waals surface area contributed by atoms with Gasteiger partial charge < -0.3 is 10.2 Å². The van der Waals surface area contributed by atoms with Gasteiger partial charge in [-0.1, -0.05) is 0 Å². The normalized spacial score (nSPS) is 32.9. The molecule has 3 aliphatic heterocycles. The van der Waals surface area contributed by atoms with E-state index in [2.05, 4.69) is 30.8 Å². The van der Waals surface area contributed by atoms with Crippen LogP contribution >= 0.6 is 0 Å². The quantitative estimate of drug-likeness (QED) is 0.737. The third-order valence-electron chi connectivity index (χ3n) is 3.67. The van der Waals surface area contributed by atoms with Crippen LogP contribution < -0.4 is 5.32 Å². The molecule has 3 saturated heterocycles. The Morgan fingerprint density at radius 2 is 2.19 bits per heavy atom. The Morgan fingerprint density at radius 3 is 2.81 bits per heavy atom. The Morgan fingerprint density at radius 1 is 1.31 bits per heavy atom. The minimum Gasteiger partial charge on any atom is -0.307 e. The number of rotatable bonds is 3. The van der Waals surface area contributed by atoms with E-state index in [1.807, 2.05) is 0 Å². The molecule has 1 aromatic heterocycles. The summed E-state index contributed by atoms with van der Waals surface area (Å²) >= 11 is 0. The molecule has 1 aromatic rings. The summed E-state index contributed by atoms with van der Waals surface area (Å²) in [5, 5.41) is 18.2. The van der Waals surface area contributed by atoms with Crippen molar-refractivity contribution in [2.75, 3.05) is 19.6 Å². The van der Waals surface area contributed by atoms with E-state index in [0.29, 0.717) is 6.04 Å². The molecular formula is C10H16N6. The molecular weight excluding hydrogens is 204 g/mol. The first-order valence-electron chi connectivity index (χ1n) is 5.87. The first-order valence-corrected chi connectivity index (χ1v) is 5.87. The highest BCUT2D eigenvalue weighted by Crippen LogP contribution is 2.27. The average molecular weight is 220 g/mol. The number of hydrogen-bond donors (Lipinski definition) is 1. The summed E-state index contributed by atoms with van der Waals surface area (Å²) in [6, 6.07) is 0.609. The summed E-state index contributed by atoms with van der Waals surface area (Å²) in [6.45, 7) is 4.48. The van der Waals surface area contributed by atoms with Gasteiger partial charge >= 0.3 is 0 Å². The van der Waals surface area contributed by atoms with Crippen LogP contribution in [0.5, 0.6) is 0 Å². The van der Waals surface area contributed by atoms with Gasteiger partial charge in [-0.15, -0.1) is 10.2 Å². The lowest BCUT2D eigenvalue weighted by atomic mass is 9.84. The van der Waals surface area contributed by atoms with E-state index < -0.39 is 0 Å². The summed E-state index contributed by atoms with van der Waals surface area (Å²) < 4.78 is 0. The van der Waals surface area contributed by atoms with Gasteiger partial charge in [-0.2, -0.15) is 0 Å². The zero-order valence-electron chi connectivity index (χ0n) is 9.21. The van der Waals surface area contributed by atoms with Crippen LogP contribution in [-0.4, -0.2) is 51.2 Å². The maximum Gasteiger partial charge on any atom is 0.0988 e. The van der Waals surface area contributed by atoms with E-state index in [4.69, 9.17) is 0 Å². The molecule has 0 radical (unpaired) electrons. The molecule has 6 heteroatoms. The van der Waals surface area contributed by atoms with E-state index >= 15 is 0 Å². The fourth-order valence-electron chi connectivity index (χ4n) is 2.73. The molecule has 16 heavy (non-hydrogen) atoms. The topological polar surface area (TPSA) is 66.8 Å². The van der Waals surface area contributed by atoms with E-state index in [9.17, 15) is 0 Å². The zero-order valence-corrected chi connectivity index (χ0v) is 9.21. The molecule has 3 fully saturated rings. The number of nitrogens with zero attached hydrogens (tertiary/aromatic N) is 5. The van der Waals surface area contributed by atoms with E-state index in [1.165, 1.54) is 32.5 Å². The fourth-order valence-corrected chi connectivity index (χ4v) is 2.73. The molecule has 2 bridgehead atoms. The summed E-state index contributed by atoms with van der Waals surface area (Å²) in [4.78, 5) is 2.54. The van der Waals surface area contributed by atoms with Crippen molar-refractivity contribution in [3.8, 4) is 0 Å². The number of piperidine rings is 3. The van der Waals surface area contributed by atoms with E-state index in [1.54, 1.807) is 6.20 Å². The molecule has 0 aliphatic carbocycles. The van der Waals surface area contributed by atoms with Crippen molar-refractivity contribution in [2.24, 2.45) is 5.92 Å². The SMILES string of the molecule is c1nnnnc1CN[C@@H]1CN2CCC1CC2. The minimum atomic E-state index is 0.609. The lowest BCUT2D eigenvalue weighted by molar-refractivity contribution is 0.0718. The molecule has 0 spiro atoms. The van der Waals surface area contributed by atoms with Crippen molar-refractivity contribution in [3.63, 3.8) is 0 Å². The van der Waals surface area contributed by atoms with Gasteiger partial charge in [0.05, 0.1) is 11.9 Å². The molecule has 4 heterocycles. The third kappa shape index (κ3) is 2.03. The Bertz CT molecular complexity index is 334. The first kappa shape index (κ1) is 10.0. The monoisotopic (exact) mass is 220 g/mol. The summed E-state index contributed by atoms with van der Waals surface area (Å²) in [5.41, 5.74) is 0.867. The third-order valence-corrected chi connectivity index (χ3v) is 3.67. The van der Waals surface area contributed by atoms with E-state index in [0.717, 1.165) is 18.2 Å². The van der Waals surface area contributed by atoms with Crippen LogP contribution in [0.3, 0.4) is 0 Å². The zero-order chi connectivity index (χ0) is 10.8. The molecule has 1 atom stereocenters.